The molecule has 5 heteroatoms. The monoisotopic (exact) mass is 311 g/mol. The average Bonchev–Trinajstić information content (AvgIpc) is 2.54. The SMILES string of the molecule is Cc1cccn2c(=O)cc(CN[C@@H](C)c3ccccc3F)nc12. The van der Waals surface area contributed by atoms with E-state index in [1.807, 2.05) is 26.0 Å². The predicted octanol–water partition coefficient (Wildman–Crippen LogP) is 2.99. The number of aromatic nitrogens is 2. The summed E-state index contributed by atoms with van der Waals surface area (Å²) in [6.45, 7) is 4.20. The van der Waals surface area contributed by atoms with Crippen molar-refractivity contribution in [2.24, 2.45) is 0 Å². The van der Waals surface area contributed by atoms with Crippen LogP contribution in [0.5, 0.6) is 0 Å². The molecule has 2 heterocycles. The van der Waals surface area contributed by atoms with E-state index in [2.05, 4.69) is 10.3 Å². The van der Waals surface area contributed by atoms with Gasteiger partial charge in [0.05, 0.1) is 5.69 Å². The first-order chi connectivity index (χ1) is 11.1. The predicted molar refractivity (Wildman–Crippen MR) is 87.9 cm³/mol. The van der Waals surface area contributed by atoms with Crippen LogP contribution in [0.15, 0.2) is 53.5 Å². The Balaban J connectivity index is 1.84. The molecule has 0 saturated heterocycles. The topological polar surface area (TPSA) is 46.4 Å². The molecule has 23 heavy (non-hydrogen) atoms. The zero-order valence-electron chi connectivity index (χ0n) is 13.1. The van der Waals surface area contributed by atoms with Crippen LogP contribution in [0.2, 0.25) is 0 Å². The minimum atomic E-state index is -0.241. The molecule has 0 radical (unpaired) electrons. The van der Waals surface area contributed by atoms with Crippen molar-refractivity contribution in [3.63, 3.8) is 0 Å². The molecule has 0 spiro atoms. The Bertz CT molecular complexity index is 904. The van der Waals surface area contributed by atoms with E-state index in [9.17, 15) is 9.18 Å². The molecule has 0 unspecified atom stereocenters. The molecule has 0 aliphatic heterocycles. The number of aryl methyl sites for hydroxylation is 1. The van der Waals surface area contributed by atoms with Crippen molar-refractivity contribution < 1.29 is 4.39 Å². The van der Waals surface area contributed by atoms with Crippen molar-refractivity contribution in [2.75, 3.05) is 0 Å². The van der Waals surface area contributed by atoms with Gasteiger partial charge in [0.1, 0.15) is 11.5 Å². The van der Waals surface area contributed by atoms with Gasteiger partial charge in [-0.15, -0.1) is 0 Å². The van der Waals surface area contributed by atoms with E-state index < -0.39 is 0 Å². The van der Waals surface area contributed by atoms with Crippen LogP contribution < -0.4 is 10.9 Å². The zero-order chi connectivity index (χ0) is 16.4. The maximum absolute atomic E-state index is 13.8. The van der Waals surface area contributed by atoms with Crippen LogP contribution in [0.25, 0.3) is 5.65 Å². The molecule has 3 rings (SSSR count). The third-order valence-electron chi connectivity index (χ3n) is 3.90. The molecule has 118 valence electrons. The summed E-state index contributed by atoms with van der Waals surface area (Å²) in [4.78, 5) is 16.7. The van der Waals surface area contributed by atoms with E-state index in [4.69, 9.17) is 0 Å². The standard InChI is InChI=1S/C18H18FN3O/c1-12-6-5-9-22-17(23)10-14(21-18(12)22)11-20-13(2)15-7-3-4-8-16(15)19/h3-10,13,20H,11H2,1-2H3/t13-/m0/s1. The Morgan fingerprint density at radius 3 is 2.83 bits per heavy atom. The van der Waals surface area contributed by atoms with E-state index in [0.29, 0.717) is 23.4 Å². The Kier molecular flexibility index (Phi) is 4.21. The molecule has 0 aliphatic rings. The third-order valence-corrected chi connectivity index (χ3v) is 3.90. The Morgan fingerprint density at radius 1 is 1.26 bits per heavy atom. The van der Waals surface area contributed by atoms with Crippen molar-refractivity contribution >= 4 is 5.65 Å². The van der Waals surface area contributed by atoms with E-state index in [-0.39, 0.29) is 17.4 Å². The molecule has 3 aromatic rings. The van der Waals surface area contributed by atoms with Gasteiger partial charge < -0.3 is 5.32 Å². The number of halogens is 1. The normalized spacial score (nSPS) is 12.5. The highest BCUT2D eigenvalue weighted by Gasteiger charge is 2.11. The Morgan fingerprint density at radius 2 is 2.04 bits per heavy atom. The fourth-order valence-electron chi connectivity index (χ4n) is 2.59. The highest BCUT2D eigenvalue weighted by molar-refractivity contribution is 5.46. The van der Waals surface area contributed by atoms with Crippen molar-refractivity contribution in [1.29, 1.82) is 0 Å². The van der Waals surface area contributed by atoms with Crippen LogP contribution in [0.1, 0.15) is 29.8 Å². The fraction of sp³-hybridized carbons (Fsp3) is 0.222. The molecule has 0 saturated carbocycles. The van der Waals surface area contributed by atoms with Gasteiger partial charge in [-0.05, 0) is 31.5 Å². The molecule has 0 amide bonds. The summed E-state index contributed by atoms with van der Waals surface area (Å²) in [7, 11) is 0. The quantitative estimate of drug-likeness (QED) is 0.806. The van der Waals surface area contributed by atoms with Gasteiger partial charge in [-0.25, -0.2) is 9.37 Å². The second kappa shape index (κ2) is 6.30. The van der Waals surface area contributed by atoms with Gasteiger partial charge in [-0.1, -0.05) is 24.3 Å². The first kappa shape index (κ1) is 15.4. The number of nitrogens with zero attached hydrogens (tertiary/aromatic N) is 2. The Labute approximate surface area is 133 Å². The molecule has 0 fully saturated rings. The van der Waals surface area contributed by atoms with Crippen molar-refractivity contribution in [3.8, 4) is 0 Å². The van der Waals surface area contributed by atoms with Crippen LogP contribution in [0.3, 0.4) is 0 Å². The second-order valence-corrected chi connectivity index (χ2v) is 5.59. The third kappa shape index (κ3) is 3.14. The number of fused-ring (bicyclic) bond motifs is 1. The molecule has 0 aliphatic carbocycles. The summed E-state index contributed by atoms with van der Waals surface area (Å²) >= 11 is 0. The van der Waals surface area contributed by atoms with Crippen LogP contribution in [0.4, 0.5) is 4.39 Å². The smallest absolute Gasteiger partial charge is 0.258 e. The number of hydrogen-bond donors (Lipinski definition) is 1. The lowest BCUT2D eigenvalue weighted by Gasteiger charge is -2.15. The van der Waals surface area contributed by atoms with Crippen molar-refractivity contribution in [3.05, 3.63) is 81.7 Å². The van der Waals surface area contributed by atoms with E-state index in [1.165, 1.54) is 16.5 Å². The summed E-state index contributed by atoms with van der Waals surface area (Å²) in [5.74, 6) is -0.241. The van der Waals surface area contributed by atoms with Gasteiger partial charge in [0.25, 0.3) is 5.56 Å². The molecule has 4 nitrogen and oxygen atoms in total. The summed E-state index contributed by atoms with van der Waals surface area (Å²) in [5.41, 5.74) is 2.71. The first-order valence-corrected chi connectivity index (χ1v) is 7.52. The van der Waals surface area contributed by atoms with Gasteiger partial charge in [0.2, 0.25) is 0 Å². The largest absolute Gasteiger partial charge is 0.304 e. The highest BCUT2D eigenvalue weighted by atomic mass is 19.1. The summed E-state index contributed by atoms with van der Waals surface area (Å²) < 4.78 is 15.3. The van der Waals surface area contributed by atoms with Crippen LogP contribution in [-0.2, 0) is 6.54 Å². The second-order valence-electron chi connectivity index (χ2n) is 5.59. The lowest BCUT2D eigenvalue weighted by atomic mass is 10.1. The molecule has 1 N–H and O–H groups in total. The number of hydrogen-bond acceptors (Lipinski definition) is 3. The average molecular weight is 311 g/mol. The summed E-state index contributed by atoms with van der Waals surface area (Å²) in [5, 5.41) is 3.22. The van der Waals surface area contributed by atoms with Gasteiger partial charge in [0, 0.05) is 30.4 Å². The van der Waals surface area contributed by atoms with E-state index in [1.54, 1.807) is 24.4 Å². The summed E-state index contributed by atoms with van der Waals surface area (Å²) in [6, 6.07) is 11.7. The lowest BCUT2D eigenvalue weighted by molar-refractivity contribution is 0.524. The highest BCUT2D eigenvalue weighted by Crippen LogP contribution is 2.16. The van der Waals surface area contributed by atoms with Crippen LogP contribution in [-0.4, -0.2) is 9.38 Å². The number of rotatable bonds is 4. The molecule has 2 aromatic heterocycles. The lowest BCUT2D eigenvalue weighted by Crippen LogP contribution is -2.23. The first-order valence-electron chi connectivity index (χ1n) is 7.52. The molecular weight excluding hydrogens is 293 g/mol. The van der Waals surface area contributed by atoms with Crippen LogP contribution >= 0.6 is 0 Å². The maximum atomic E-state index is 13.8. The molecule has 1 aromatic carbocycles. The molecule has 0 bridgehead atoms. The number of nitrogens with one attached hydrogen (secondary N) is 1. The maximum Gasteiger partial charge on any atom is 0.258 e. The van der Waals surface area contributed by atoms with Gasteiger partial charge in [0.15, 0.2) is 0 Å². The van der Waals surface area contributed by atoms with Gasteiger partial charge >= 0.3 is 0 Å². The minimum absolute atomic E-state index is 0.117. The van der Waals surface area contributed by atoms with E-state index in [0.717, 1.165) is 5.56 Å². The molecule has 1 atom stereocenters. The van der Waals surface area contributed by atoms with Crippen molar-refractivity contribution in [2.45, 2.75) is 26.4 Å². The fourth-order valence-corrected chi connectivity index (χ4v) is 2.59. The minimum Gasteiger partial charge on any atom is -0.304 e. The number of pyridine rings is 1. The van der Waals surface area contributed by atoms with Gasteiger partial charge in [-0.3, -0.25) is 9.20 Å². The van der Waals surface area contributed by atoms with E-state index >= 15 is 0 Å². The molecular formula is C18H18FN3O. The van der Waals surface area contributed by atoms with Gasteiger partial charge in [-0.2, -0.15) is 0 Å². The Hall–Kier alpha value is -2.53. The van der Waals surface area contributed by atoms with Crippen LogP contribution in [0, 0.1) is 12.7 Å². The zero-order valence-corrected chi connectivity index (χ0v) is 13.1. The number of benzene rings is 1. The summed E-state index contributed by atoms with van der Waals surface area (Å²) in [6.07, 6.45) is 1.71. The van der Waals surface area contributed by atoms with Crippen molar-refractivity contribution in [1.82, 2.24) is 14.7 Å².